The van der Waals surface area contributed by atoms with Crippen LogP contribution >= 0.6 is 11.3 Å². The summed E-state index contributed by atoms with van der Waals surface area (Å²) in [7, 11) is 0. The fraction of sp³-hybridized carbons (Fsp3) is 0.167. The number of fused-ring (bicyclic) bond motifs is 1. The fourth-order valence-electron chi connectivity index (χ4n) is 1.86. The molecule has 0 amide bonds. The van der Waals surface area contributed by atoms with E-state index in [9.17, 15) is 0 Å². The predicted molar refractivity (Wildman–Crippen MR) is 72.4 cm³/mol. The normalized spacial score (nSPS) is 11.1. The van der Waals surface area contributed by atoms with Crippen molar-refractivity contribution in [1.29, 1.82) is 0 Å². The van der Waals surface area contributed by atoms with Gasteiger partial charge in [-0.15, -0.1) is 11.3 Å². The lowest BCUT2D eigenvalue weighted by Gasteiger charge is -2.03. The van der Waals surface area contributed by atoms with E-state index in [2.05, 4.69) is 15.4 Å². The van der Waals surface area contributed by atoms with Gasteiger partial charge in [0, 0.05) is 4.88 Å². The second-order valence-electron chi connectivity index (χ2n) is 4.05. The lowest BCUT2D eigenvalue weighted by Crippen LogP contribution is -2.09. The van der Waals surface area contributed by atoms with Crippen LogP contribution in [0.1, 0.15) is 10.4 Å². The van der Waals surface area contributed by atoms with Gasteiger partial charge in [0.1, 0.15) is 4.83 Å². The Kier molecular flexibility index (Phi) is 2.53. The van der Waals surface area contributed by atoms with Crippen molar-refractivity contribution in [3.63, 3.8) is 0 Å². The minimum Gasteiger partial charge on any atom is -0.461 e. The molecule has 6 heteroatoms. The number of nitrogen functional groups attached to an aromatic ring is 1. The molecule has 5 nitrogen and oxygen atoms in total. The average Bonchev–Trinajstić information content (AvgIpc) is 2.92. The number of nitrogens with zero attached hydrogens (tertiary/aromatic N) is 2. The number of nitrogens with two attached hydrogens (primary N) is 1. The number of hydrazine groups is 1. The van der Waals surface area contributed by atoms with Crippen molar-refractivity contribution in [3.05, 3.63) is 28.8 Å². The number of hydrogen-bond acceptors (Lipinski definition) is 6. The Bertz CT molecular complexity index is 716. The summed E-state index contributed by atoms with van der Waals surface area (Å²) in [5, 5.41) is 0.938. The van der Waals surface area contributed by atoms with Crippen molar-refractivity contribution in [2.45, 2.75) is 13.8 Å². The molecule has 0 saturated carbocycles. The quantitative estimate of drug-likeness (QED) is 0.547. The van der Waals surface area contributed by atoms with Gasteiger partial charge in [0.2, 0.25) is 0 Å². The first kappa shape index (κ1) is 11.2. The molecular weight excluding hydrogens is 248 g/mol. The topological polar surface area (TPSA) is 77.0 Å². The van der Waals surface area contributed by atoms with E-state index in [0.29, 0.717) is 17.4 Å². The van der Waals surface area contributed by atoms with E-state index in [1.165, 1.54) is 4.88 Å². The maximum atomic E-state index is 5.52. The number of anilines is 1. The van der Waals surface area contributed by atoms with Crippen LogP contribution in [0.3, 0.4) is 0 Å². The standard InChI is InChI=1S/C12H12N4OS/c1-6-3-4-17-9(6)11-14-10(16-13)8-5-7(2)18-12(8)15-11/h3-5H,13H2,1-2H3,(H,14,15,16). The van der Waals surface area contributed by atoms with Crippen LogP contribution in [0.5, 0.6) is 0 Å². The molecule has 0 spiro atoms. The second-order valence-corrected chi connectivity index (χ2v) is 5.28. The van der Waals surface area contributed by atoms with Crippen LogP contribution in [0.25, 0.3) is 21.8 Å². The Hall–Kier alpha value is -1.92. The van der Waals surface area contributed by atoms with Crippen LogP contribution in [0.2, 0.25) is 0 Å². The average molecular weight is 260 g/mol. The molecule has 3 N–H and O–H groups in total. The van der Waals surface area contributed by atoms with E-state index >= 15 is 0 Å². The summed E-state index contributed by atoms with van der Waals surface area (Å²) in [6.07, 6.45) is 1.63. The smallest absolute Gasteiger partial charge is 0.199 e. The molecule has 0 atom stereocenters. The van der Waals surface area contributed by atoms with Crippen LogP contribution in [-0.2, 0) is 0 Å². The maximum Gasteiger partial charge on any atom is 0.199 e. The lowest BCUT2D eigenvalue weighted by molar-refractivity contribution is 0.576. The van der Waals surface area contributed by atoms with Gasteiger partial charge in [-0.2, -0.15) is 0 Å². The van der Waals surface area contributed by atoms with Crippen molar-refractivity contribution in [2.24, 2.45) is 5.84 Å². The number of thiophene rings is 1. The second kappa shape index (κ2) is 4.08. The zero-order valence-corrected chi connectivity index (χ0v) is 10.8. The molecule has 18 heavy (non-hydrogen) atoms. The third-order valence-electron chi connectivity index (χ3n) is 2.72. The summed E-state index contributed by atoms with van der Waals surface area (Å²) < 4.78 is 5.42. The molecule has 3 rings (SSSR count). The summed E-state index contributed by atoms with van der Waals surface area (Å²) in [6.45, 7) is 3.99. The van der Waals surface area contributed by atoms with E-state index < -0.39 is 0 Å². The van der Waals surface area contributed by atoms with Gasteiger partial charge >= 0.3 is 0 Å². The van der Waals surface area contributed by atoms with Gasteiger partial charge in [0.15, 0.2) is 17.4 Å². The molecule has 0 bridgehead atoms. The van der Waals surface area contributed by atoms with Crippen LogP contribution in [0.15, 0.2) is 22.8 Å². The molecule has 3 aromatic heterocycles. The maximum absolute atomic E-state index is 5.52. The highest BCUT2D eigenvalue weighted by atomic mass is 32.1. The minimum atomic E-state index is 0.555. The zero-order chi connectivity index (χ0) is 12.7. The Morgan fingerprint density at radius 1 is 1.33 bits per heavy atom. The van der Waals surface area contributed by atoms with E-state index in [1.54, 1.807) is 17.6 Å². The Morgan fingerprint density at radius 2 is 2.17 bits per heavy atom. The summed E-state index contributed by atoms with van der Waals surface area (Å²) in [5.41, 5.74) is 3.62. The highest BCUT2D eigenvalue weighted by Gasteiger charge is 2.14. The molecule has 3 aromatic rings. The number of rotatable bonds is 2. The number of aromatic nitrogens is 2. The summed E-state index contributed by atoms with van der Waals surface area (Å²) in [5.74, 6) is 7.38. The number of aryl methyl sites for hydroxylation is 2. The van der Waals surface area contributed by atoms with Crippen molar-refractivity contribution >= 4 is 27.4 Å². The highest BCUT2D eigenvalue weighted by molar-refractivity contribution is 7.18. The first-order chi connectivity index (χ1) is 8.69. The summed E-state index contributed by atoms with van der Waals surface area (Å²) in [4.78, 5) is 11.0. The zero-order valence-electron chi connectivity index (χ0n) is 10.0. The highest BCUT2D eigenvalue weighted by Crippen LogP contribution is 2.31. The molecule has 0 aliphatic carbocycles. The fourth-order valence-corrected chi connectivity index (χ4v) is 2.73. The third kappa shape index (κ3) is 1.66. The molecule has 0 aliphatic heterocycles. The van der Waals surface area contributed by atoms with Gasteiger partial charge in [0.25, 0.3) is 0 Å². The van der Waals surface area contributed by atoms with Crippen LogP contribution in [0, 0.1) is 13.8 Å². The van der Waals surface area contributed by atoms with Crippen molar-refractivity contribution in [3.8, 4) is 11.6 Å². The van der Waals surface area contributed by atoms with Gasteiger partial charge in [-0.3, -0.25) is 0 Å². The Labute approximate surface area is 108 Å². The molecule has 0 aliphatic rings. The monoisotopic (exact) mass is 260 g/mol. The van der Waals surface area contributed by atoms with Gasteiger partial charge in [-0.05, 0) is 31.5 Å². The molecule has 0 saturated heterocycles. The van der Waals surface area contributed by atoms with Crippen LogP contribution in [-0.4, -0.2) is 9.97 Å². The third-order valence-corrected chi connectivity index (χ3v) is 3.66. The van der Waals surface area contributed by atoms with Gasteiger partial charge in [-0.1, -0.05) is 0 Å². The van der Waals surface area contributed by atoms with Crippen molar-refractivity contribution in [1.82, 2.24) is 9.97 Å². The molecule has 0 fully saturated rings. The van der Waals surface area contributed by atoms with Crippen LogP contribution < -0.4 is 11.3 Å². The van der Waals surface area contributed by atoms with Gasteiger partial charge in [0.05, 0.1) is 11.6 Å². The molecule has 3 heterocycles. The van der Waals surface area contributed by atoms with E-state index in [4.69, 9.17) is 10.3 Å². The number of nitrogens with one attached hydrogen (secondary N) is 1. The Balaban J connectivity index is 2.28. The SMILES string of the molecule is Cc1cc2c(NN)nc(-c3occc3C)nc2s1. The minimum absolute atomic E-state index is 0.555. The van der Waals surface area contributed by atoms with E-state index in [-0.39, 0.29) is 0 Å². The van der Waals surface area contributed by atoms with Crippen LogP contribution in [0.4, 0.5) is 5.82 Å². The van der Waals surface area contributed by atoms with Crippen molar-refractivity contribution < 1.29 is 4.42 Å². The van der Waals surface area contributed by atoms with Gasteiger partial charge in [-0.25, -0.2) is 15.8 Å². The molecule has 0 unspecified atom stereocenters. The van der Waals surface area contributed by atoms with E-state index in [1.807, 2.05) is 26.0 Å². The summed E-state index contributed by atoms with van der Waals surface area (Å²) in [6, 6.07) is 3.91. The molecular formula is C12H12N4OS. The molecule has 0 radical (unpaired) electrons. The van der Waals surface area contributed by atoms with E-state index in [0.717, 1.165) is 15.8 Å². The number of furan rings is 1. The first-order valence-corrected chi connectivity index (χ1v) is 6.30. The number of hydrogen-bond donors (Lipinski definition) is 2. The largest absolute Gasteiger partial charge is 0.461 e. The Morgan fingerprint density at radius 3 is 2.83 bits per heavy atom. The summed E-state index contributed by atoms with van der Waals surface area (Å²) >= 11 is 1.61. The predicted octanol–water partition coefficient (Wildman–Crippen LogP) is 2.85. The van der Waals surface area contributed by atoms with Crippen molar-refractivity contribution in [2.75, 3.05) is 5.43 Å². The lowest BCUT2D eigenvalue weighted by atomic mass is 10.2. The molecule has 92 valence electrons. The molecule has 0 aromatic carbocycles. The first-order valence-electron chi connectivity index (χ1n) is 5.48. The van der Waals surface area contributed by atoms with Gasteiger partial charge < -0.3 is 9.84 Å².